The van der Waals surface area contributed by atoms with Gasteiger partial charge in [0.1, 0.15) is 5.01 Å². The first-order chi connectivity index (χ1) is 16.2. The lowest BCUT2D eigenvalue weighted by Crippen LogP contribution is -2.04. The van der Waals surface area contributed by atoms with Gasteiger partial charge in [-0.3, -0.25) is 4.72 Å². The number of halogens is 4. The third-order valence-electron chi connectivity index (χ3n) is 4.30. The van der Waals surface area contributed by atoms with E-state index in [2.05, 4.69) is 45.6 Å². The number of hydrogen-bond donors (Lipinski definition) is 2. The predicted octanol–water partition coefficient (Wildman–Crippen LogP) is 8.93. The monoisotopic (exact) mass is 539 g/mol. The van der Waals surface area contributed by atoms with Crippen molar-refractivity contribution in [1.82, 2.24) is 9.71 Å². The van der Waals surface area contributed by atoms with Crippen LogP contribution in [0.2, 0.25) is 5.02 Å². The van der Waals surface area contributed by atoms with Gasteiger partial charge in [0.15, 0.2) is 0 Å². The Labute approximate surface area is 214 Å². The standard InChI is InChI=1S/C16H10ClF3N2S2.C8H11NS/c17-13-8-11(22-24-16(18,19)20)6-7-12(13)14-9-23-15(21-14)10-4-2-1-3-5-10;1-7-3-5-8(6-4-7)10-9-2/h1-9,22H;3-6,9H,1-2H3. The second-order valence-corrected chi connectivity index (χ2v) is 10.1. The van der Waals surface area contributed by atoms with E-state index in [0.29, 0.717) is 16.3 Å². The number of aromatic nitrogens is 1. The fourth-order valence-electron chi connectivity index (χ4n) is 2.74. The molecular weight excluding hydrogens is 519 g/mol. The predicted molar refractivity (Wildman–Crippen MR) is 141 cm³/mol. The van der Waals surface area contributed by atoms with Crippen LogP contribution >= 0.6 is 46.8 Å². The maximum absolute atomic E-state index is 12.2. The van der Waals surface area contributed by atoms with E-state index in [1.54, 1.807) is 24.1 Å². The van der Waals surface area contributed by atoms with Crippen LogP contribution in [0, 0.1) is 6.92 Å². The molecule has 34 heavy (non-hydrogen) atoms. The van der Waals surface area contributed by atoms with Crippen LogP contribution in [0.1, 0.15) is 5.56 Å². The number of hydrogen-bond acceptors (Lipinski definition) is 6. The van der Waals surface area contributed by atoms with Gasteiger partial charge in [-0.25, -0.2) is 4.98 Å². The Bertz CT molecular complexity index is 1180. The van der Waals surface area contributed by atoms with E-state index in [-0.39, 0.29) is 17.6 Å². The van der Waals surface area contributed by atoms with Gasteiger partial charge in [-0.05, 0) is 56.3 Å². The maximum Gasteiger partial charge on any atom is 0.461 e. The molecular formula is C24H21ClF3N3S3. The molecule has 0 fully saturated rings. The number of rotatable bonds is 6. The highest BCUT2D eigenvalue weighted by atomic mass is 35.5. The lowest BCUT2D eigenvalue weighted by molar-refractivity contribution is -0.0323. The molecule has 1 aromatic heterocycles. The summed E-state index contributed by atoms with van der Waals surface area (Å²) < 4.78 is 41.9. The summed E-state index contributed by atoms with van der Waals surface area (Å²) in [5.74, 6) is 0. The molecule has 0 saturated carbocycles. The molecule has 3 nitrogen and oxygen atoms in total. The van der Waals surface area contributed by atoms with Gasteiger partial charge in [-0.15, -0.1) is 11.3 Å². The Morgan fingerprint density at radius 2 is 1.68 bits per heavy atom. The Kier molecular flexibility index (Phi) is 9.73. The molecule has 0 saturated heterocycles. The Balaban J connectivity index is 0.000000271. The second-order valence-electron chi connectivity index (χ2n) is 6.87. The van der Waals surface area contributed by atoms with Crippen molar-refractivity contribution in [2.24, 2.45) is 0 Å². The number of thiazole rings is 1. The zero-order valence-electron chi connectivity index (χ0n) is 18.2. The van der Waals surface area contributed by atoms with Crippen LogP contribution < -0.4 is 9.44 Å². The third-order valence-corrected chi connectivity index (χ3v) is 6.78. The zero-order valence-corrected chi connectivity index (χ0v) is 21.4. The maximum atomic E-state index is 12.2. The van der Waals surface area contributed by atoms with Crippen LogP contribution in [-0.2, 0) is 0 Å². The number of aryl methyl sites for hydroxylation is 1. The third kappa shape index (κ3) is 8.25. The summed E-state index contributed by atoms with van der Waals surface area (Å²) in [4.78, 5) is 5.81. The summed E-state index contributed by atoms with van der Waals surface area (Å²) >= 11 is 9.00. The molecule has 0 aliphatic carbocycles. The number of benzene rings is 3. The minimum absolute atomic E-state index is 0.282. The topological polar surface area (TPSA) is 37.0 Å². The molecule has 2 N–H and O–H groups in total. The van der Waals surface area contributed by atoms with Crippen LogP contribution in [0.15, 0.2) is 83.1 Å². The van der Waals surface area contributed by atoms with Gasteiger partial charge in [-0.1, -0.05) is 59.6 Å². The molecule has 0 aliphatic heterocycles. The second kappa shape index (κ2) is 12.5. The van der Waals surface area contributed by atoms with E-state index in [9.17, 15) is 13.2 Å². The average molecular weight is 540 g/mol. The summed E-state index contributed by atoms with van der Waals surface area (Å²) in [6.45, 7) is 2.09. The van der Waals surface area contributed by atoms with Crippen LogP contribution in [0.3, 0.4) is 0 Å². The van der Waals surface area contributed by atoms with Crippen molar-refractivity contribution >= 4 is 52.5 Å². The van der Waals surface area contributed by atoms with E-state index in [0.717, 1.165) is 10.6 Å². The Morgan fingerprint density at radius 1 is 0.971 bits per heavy atom. The van der Waals surface area contributed by atoms with Crippen LogP contribution in [-0.4, -0.2) is 17.5 Å². The van der Waals surface area contributed by atoms with Crippen molar-refractivity contribution in [2.75, 3.05) is 11.8 Å². The minimum Gasteiger partial charge on any atom is -0.323 e. The molecule has 178 valence electrons. The Morgan fingerprint density at radius 3 is 2.29 bits per heavy atom. The summed E-state index contributed by atoms with van der Waals surface area (Å²) in [7, 11) is 1.92. The molecule has 1 heterocycles. The molecule has 4 aromatic rings. The van der Waals surface area contributed by atoms with Crippen molar-refractivity contribution < 1.29 is 13.2 Å². The highest BCUT2D eigenvalue weighted by Crippen LogP contribution is 2.36. The van der Waals surface area contributed by atoms with Crippen LogP contribution in [0.5, 0.6) is 0 Å². The first-order valence-corrected chi connectivity index (χ1v) is 12.9. The van der Waals surface area contributed by atoms with Crippen molar-refractivity contribution in [3.63, 3.8) is 0 Å². The first-order valence-electron chi connectivity index (χ1n) is 9.97. The number of alkyl halides is 3. The fourth-order valence-corrected chi connectivity index (χ4v) is 4.71. The van der Waals surface area contributed by atoms with Crippen molar-refractivity contribution in [2.45, 2.75) is 17.3 Å². The van der Waals surface area contributed by atoms with Crippen molar-refractivity contribution in [1.29, 1.82) is 0 Å². The van der Waals surface area contributed by atoms with Gasteiger partial charge in [-0.2, -0.15) is 13.2 Å². The highest BCUT2D eigenvalue weighted by Gasteiger charge is 2.29. The Hall–Kier alpha value is -2.17. The van der Waals surface area contributed by atoms with Gasteiger partial charge in [0.25, 0.3) is 0 Å². The lowest BCUT2D eigenvalue weighted by atomic mass is 10.1. The number of nitrogens with zero attached hydrogens (tertiary/aromatic N) is 1. The number of anilines is 1. The molecule has 10 heteroatoms. The van der Waals surface area contributed by atoms with Gasteiger partial charge in [0.2, 0.25) is 0 Å². The normalized spacial score (nSPS) is 11.0. The summed E-state index contributed by atoms with van der Waals surface area (Å²) in [6.07, 6.45) is 0. The summed E-state index contributed by atoms with van der Waals surface area (Å²) in [6, 6.07) is 22.8. The largest absolute Gasteiger partial charge is 0.461 e. The number of nitrogens with one attached hydrogen (secondary N) is 2. The fraction of sp³-hybridized carbons (Fsp3) is 0.125. The van der Waals surface area contributed by atoms with E-state index in [1.165, 1.54) is 27.9 Å². The molecule has 0 aliphatic rings. The van der Waals surface area contributed by atoms with Crippen molar-refractivity contribution in [3.05, 3.63) is 88.8 Å². The van der Waals surface area contributed by atoms with E-state index in [1.807, 2.05) is 42.8 Å². The van der Waals surface area contributed by atoms with Gasteiger partial charge in [0.05, 0.1) is 22.7 Å². The van der Waals surface area contributed by atoms with Crippen molar-refractivity contribution in [3.8, 4) is 21.8 Å². The lowest BCUT2D eigenvalue weighted by Gasteiger charge is -2.09. The molecule has 0 bridgehead atoms. The minimum atomic E-state index is -4.36. The quantitative estimate of drug-likeness (QED) is 0.239. The summed E-state index contributed by atoms with van der Waals surface area (Å²) in [5, 5.41) is 3.07. The molecule has 4 rings (SSSR count). The molecule has 0 spiro atoms. The van der Waals surface area contributed by atoms with Crippen LogP contribution in [0.4, 0.5) is 18.9 Å². The SMILES string of the molecule is CNSc1ccc(C)cc1.FC(F)(F)SNc1ccc(-c2csc(-c3ccccc3)n2)c(Cl)c1. The van der Waals surface area contributed by atoms with Gasteiger partial charge < -0.3 is 4.72 Å². The zero-order chi connectivity index (χ0) is 24.6. The molecule has 0 atom stereocenters. The van der Waals surface area contributed by atoms with E-state index >= 15 is 0 Å². The molecule has 0 unspecified atom stereocenters. The van der Waals surface area contributed by atoms with E-state index in [4.69, 9.17) is 11.6 Å². The molecule has 0 radical (unpaired) electrons. The average Bonchev–Trinajstić information content (AvgIpc) is 3.30. The highest BCUT2D eigenvalue weighted by molar-refractivity contribution is 8.01. The van der Waals surface area contributed by atoms with E-state index < -0.39 is 5.51 Å². The molecule has 0 amide bonds. The van der Waals surface area contributed by atoms with Gasteiger partial charge in [0, 0.05) is 27.1 Å². The smallest absolute Gasteiger partial charge is 0.323 e. The van der Waals surface area contributed by atoms with Gasteiger partial charge >= 0.3 is 5.51 Å². The molecule has 3 aromatic carbocycles. The summed E-state index contributed by atoms with van der Waals surface area (Å²) in [5.41, 5.74) is -0.392. The van der Waals surface area contributed by atoms with Crippen LogP contribution in [0.25, 0.3) is 21.8 Å². The first kappa shape index (κ1) is 26.4.